The maximum atomic E-state index is 11.8. The van der Waals surface area contributed by atoms with Crippen LogP contribution in [0.1, 0.15) is 0 Å². The molecule has 2 nitrogen and oxygen atoms in total. The molecule has 1 aromatic carbocycles. The van der Waals surface area contributed by atoms with E-state index in [4.69, 9.17) is 4.74 Å². The average Bonchev–Trinajstić information content (AvgIpc) is 2.14. The van der Waals surface area contributed by atoms with E-state index in [1.165, 1.54) is 19.2 Å². The van der Waals surface area contributed by atoms with Crippen LogP contribution in [0.2, 0.25) is 0 Å². The minimum absolute atomic E-state index is 0.156. The number of benzene rings is 1. The van der Waals surface area contributed by atoms with Crippen LogP contribution in [0.25, 0.3) is 0 Å². The Labute approximate surface area is 79.7 Å². The predicted octanol–water partition coefficient (Wildman–Crippen LogP) is 2.46. The van der Waals surface area contributed by atoms with Crippen molar-refractivity contribution in [1.82, 2.24) is 0 Å². The summed E-state index contributed by atoms with van der Waals surface area (Å²) >= 11 is 0. The van der Waals surface area contributed by atoms with Crippen LogP contribution in [0, 0.1) is 0 Å². The van der Waals surface area contributed by atoms with Crippen molar-refractivity contribution in [1.29, 1.82) is 0 Å². The second kappa shape index (κ2) is 4.26. The zero-order chi connectivity index (χ0) is 10.6. The third kappa shape index (κ3) is 3.59. The summed E-state index contributed by atoms with van der Waals surface area (Å²) in [7, 11) is 1.44. The molecule has 0 aromatic heterocycles. The summed E-state index contributed by atoms with van der Waals surface area (Å²) < 4.78 is 44.9. The molecule has 0 atom stereocenters. The van der Waals surface area contributed by atoms with Crippen LogP contribution in [0.15, 0.2) is 24.3 Å². The van der Waals surface area contributed by atoms with Gasteiger partial charge >= 0.3 is 6.98 Å². The number of methoxy groups -OCH3 is 1. The van der Waals surface area contributed by atoms with Gasteiger partial charge in [-0.25, -0.2) is 0 Å². The molecule has 1 aromatic rings. The lowest BCUT2D eigenvalue weighted by molar-refractivity contribution is 0.311. The second-order valence-corrected chi connectivity index (χ2v) is 2.70. The van der Waals surface area contributed by atoms with Gasteiger partial charge in [0, 0.05) is 6.07 Å². The van der Waals surface area contributed by atoms with Crippen LogP contribution >= 0.6 is 0 Å². The van der Waals surface area contributed by atoms with Gasteiger partial charge in [0.2, 0.25) is 0 Å². The molecular formula is C8H9BF3O2-. The largest absolute Gasteiger partial charge is 0.522 e. The number of rotatable bonds is 4. The van der Waals surface area contributed by atoms with E-state index in [2.05, 4.69) is 4.74 Å². The Morgan fingerprint density at radius 3 is 2.43 bits per heavy atom. The normalized spacial score (nSPS) is 11.1. The Hall–Kier alpha value is -1.33. The van der Waals surface area contributed by atoms with Gasteiger partial charge in [-0.3, -0.25) is 0 Å². The lowest BCUT2D eigenvalue weighted by Crippen LogP contribution is -2.26. The minimum Gasteiger partial charge on any atom is -0.522 e. The van der Waals surface area contributed by atoms with Gasteiger partial charge in [0.15, 0.2) is 0 Å². The first-order chi connectivity index (χ1) is 6.51. The van der Waals surface area contributed by atoms with Crippen molar-refractivity contribution in [3.8, 4) is 11.5 Å². The van der Waals surface area contributed by atoms with Crippen molar-refractivity contribution in [2.75, 3.05) is 13.6 Å². The fraction of sp³-hybridized carbons (Fsp3) is 0.250. The Kier molecular flexibility index (Phi) is 3.27. The molecule has 78 valence electrons. The van der Waals surface area contributed by atoms with Crippen LogP contribution < -0.4 is 9.47 Å². The van der Waals surface area contributed by atoms with Crippen LogP contribution in [0.5, 0.6) is 11.5 Å². The quantitative estimate of drug-likeness (QED) is 0.702. The van der Waals surface area contributed by atoms with Gasteiger partial charge in [-0.2, -0.15) is 0 Å². The molecule has 0 amide bonds. The van der Waals surface area contributed by atoms with Gasteiger partial charge in [0.25, 0.3) is 0 Å². The highest BCUT2D eigenvalue weighted by molar-refractivity contribution is 6.58. The average molecular weight is 205 g/mol. The Morgan fingerprint density at radius 2 is 1.86 bits per heavy atom. The van der Waals surface area contributed by atoms with Crippen molar-refractivity contribution >= 4 is 6.98 Å². The predicted molar refractivity (Wildman–Crippen MR) is 47.6 cm³/mol. The van der Waals surface area contributed by atoms with Gasteiger partial charge in [-0.1, -0.05) is 6.07 Å². The number of hydrogen-bond donors (Lipinski definition) is 0. The lowest BCUT2D eigenvalue weighted by atomic mass is 9.95. The highest BCUT2D eigenvalue weighted by atomic mass is 19.4. The van der Waals surface area contributed by atoms with Crippen LogP contribution in [-0.4, -0.2) is 20.6 Å². The Bertz CT molecular complexity index is 301. The maximum Gasteiger partial charge on any atom is 0.515 e. The molecule has 0 aliphatic heterocycles. The van der Waals surface area contributed by atoms with E-state index >= 15 is 0 Å². The van der Waals surface area contributed by atoms with Gasteiger partial charge in [-0.15, -0.1) is 0 Å². The number of ether oxygens (including phenoxy) is 2. The molecular weight excluding hydrogens is 196 g/mol. The van der Waals surface area contributed by atoms with E-state index < -0.39 is 13.5 Å². The second-order valence-electron chi connectivity index (χ2n) is 2.70. The van der Waals surface area contributed by atoms with Gasteiger partial charge in [-0.05, 0) is 12.1 Å². The Morgan fingerprint density at radius 1 is 1.21 bits per heavy atom. The minimum atomic E-state index is -4.91. The first kappa shape index (κ1) is 10.8. The molecule has 0 saturated heterocycles. The molecule has 0 N–H and O–H groups in total. The molecule has 0 radical (unpaired) electrons. The summed E-state index contributed by atoms with van der Waals surface area (Å²) in [5.41, 5.74) is 0. The number of hydrogen-bond acceptors (Lipinski definition) is 2. The molecule has 0 aliphatic carbocycles. The van der Waals surface area contributed by atoms with E-state index in [1.54, 1.807) is 12.1 Å². The summed E-state index contributed by atoms with van der Waals surface area (Å²) in [6, 6.07) is 6.05. The summed E-state index contributed by atoms with van der Waals surface area (Å²) in [5, 5.41) is 0. The molecule has 0 bridgehead atoms. The maximum absolute atomic E-state index is 11.8. The van der Waals surface area contributed by atoms with Crippen LogP contribution in [0.4, 0.5) is 12.9 Å². The molecule has 0 unspecified atom stereocenters. The first-order valence-electron chi connectivity index (χ1n) is 3.99. The smallest absolute Gasteiger partial charge is 0.515 e. The molecule has 0 aliphatic rings. The fourth-order valence-electron chi connectivity index (χ4n) is 0.882. The highest BCUT2D eigenvalue weighted by Gasteiger charge is 2.24. The van der Waals surface area contributed by atoms with E-state index in [0.717, 1.165) is 0 Å². The monoisotopic (exact) mass is 205 g/mol. The summed E-state index contributed by atoms with van der Waals surface area (Å²) in [6.45, 7) is -6.14. The van der Waals surface area contributed by atoms with Gasteiger partial charge in [0.05, 0.1) is 13.6 Å². The molecule has 6 heteroatoms. The third-order valence-electron chi connectivity index (χ3n) is 1.48. The first-order valence-corrected chi connectivity index (χ1v) is 3.99. The van der Waals surface area contributed by atoms with Crippen molar-refractivity contribution in [3.05, 3.63) is 24.3 Å². The highest BCUT2D eigenvalue weighted by Crippen LogP contribution is 2.20. The van der Waals surface area contributed by atoms with E-state index in [9.17, 15) is 12.9 Å². The molecule has 0 fully saturated rings. The van der Waals surface area contributed by atoms with Crippen LogP contribution in [0.3, 0.4) is 0 Å². The van der Waals surface area contributed by atoms with Crippen molar-refractivity contribution in [3.63, 3.8) is 0 Å². The van der Waals surface area contributed by atoms with E-state index in [-0.39, 0.29) is 5.75 Å². The summed E-state index contributed by atoms with van der Waals surface area (Å²) in [5.74, 6) is 0.626. The van der Waals surface area contributed by atoms with Gasteiger partial charge < -0.3 is 22.4 Å². The summed E-state index contributed by atoms with van der Waals surface area (Å²) in [6.07, 6.45) is 0. The third-order valence-corrected chi connectivity index (χ3v) is 1.48. The van der Waals surface area contributed by atoms with E-state index in [1.807, 2.05) is 0 Å². The van der Waals surface area contributed by atoms with Crippen LogP contribution in [-0.2, 0) is 0 Å². The molecule has 14 heavy (non-hydrogen) atoms. The molecule has 0 spiro atoms. The van der Waals surface area contributed by atoms with Gasteiger partial charge in [0.1, 0.15) is 11.5 Å². The standard InChI is InChI=1S/C8H9BF3O2/c1-13-7-3-2-4-8(5-7)14-6-9(10,11)12/h2-5H,6H2,1H3/q-1. The molecule has 1 rings (SSSR count). The summed E-state index contributed by atoms with van der Waals surface area (Å²) in [4.78, 5) is 0. The topological polar surface area (TPSA) is 18.5 Å². The zero-order valence-electron chi connectivity index (χ0n) is 7.54. The lowest BCUT2D eigenvalue weighted by Gasteiger charge is -2.15. The van der Waals surface area contributed by atoms with Crippen molar-refractivity contribution in [2.45, 2.75) is 0 Å². The molecule has 0 heterocycles. The van der Waals surface area contributed by atoms with Crippen molar-refractivity contribution < 1.29 is 22.4 Å². The zero-order valence-corrected chi connectivity index (χ0v) is 7.54. The fourth-order valence-corrected chi connectivity index (χ4v) is 0.882. The number of halogens is 3. The molecule has 0 saturated carbocycles. The van der Waals surface area contributed by atoms with E-state index in [0.29, 0.717) is 5.75 Å². The Balaban J connectivity index is 2.59. The van der Waals surface area contributed by atoms with Crippen molar-refractivity contribution in [2.24, 2.45) is 0 Å². The SMILES string of the molecule is COc1cccc(OC[B-](F)(F)F)c1.